The van der Waals surface area contributed by atoms with Crippen LogP contribution in [0.2, 0.25) is 0 Å². The molecule has 4 bridgehead atoms. The summed E-state index contributed by atoms with van der Waals surface area (Å²) in [4.78, 5) is 25.4. The first-order chi connectivity index (χ1) is 13.0. The summed E-state index contributed by atoms with van der Waals surface area (Å²) in [6, 6.07) is 7.58. The molecule has 4 aliphatic carbocycles. The topological polar surface area (TPSA) is 81.4 Å². The third-order valence-electron chi connectivity index (χ3n) is 6.86. The number of nitrogens with zero attached hydrogens (tertiary/aromatic N) is 1. The van der Waals surface area contributed by atoms with Gasteiger partial charge in [0.05, 0.1) is 18.9 Å². The van der Waals surface area contributed by atoms with Crippen LogP contribution in [-0.4, -0.2) is 29.7 Å². The van der Waals surface area contributed by atoms with E-state index in [1.807, 2.05) is 24.3 Å². The van der Waals surface area contributed by atoms with Gasteiger partial charge >= 0.3 is 5.97 Å². The van der Waals surface area contributed by atoms with E-state index in [-0.39, 0.29) is 23.8 Å². The summed E-state index contributed by atoms with van der Waals surface area (Å²) >= 11 is 0. The summed E-state index contributed by atoms with van der Waals surface area (Å²) in [5.74, 6) is 0.853. The number of fused-ring (bicyclic) bond motifs is 1. The Bertz CT molecular complexity index is 904. The number of nitrogens with one attached hydrogen (secondary N) is 1. The van der Waals surface area contributed by atoms with Gasteiger partial charge in [0.1, 0.15) is 5.69 Å². The van der Waals surface area contributed by atoms with Crippen LogP contribution in [0.15, 0.2) is 28.8 Å². The van der Waals surface area contributed by atoms with Crippen LogP contribution in [0.4, 0.5) is 0 Å². The summed E-state index contributed by atoms with van der Waals surface area (Å²) in [6.07, 6.45) is 5.80. The van der Waals surface area contributed by atoms with Crippen LogP contribution >= 0.6 is 0 Å². The second-order valence-electron chi connectivity index (χ2n) is 8.86. The van der Waals surface area contributed by atoms with Crippen LogP contribution in [0, 0.1) is 17.3 Å². The predicted molar refractivity (Wildman–Crippen MR) is 97.7 cm³/mol. The van der Waals surface area contributed by atoms with Crippen LogP contribution in [0.3, 0.4) is 0 Å². The highest BCUT2D eigenvalue weighted by Crippen LogP contribution is 2.62. The Morgan fingerprint density at radius 2 is 1.96 bits per heavy atom. The summed E-state index contributed by atoms with van der Waals surface area (Å²) in [7, 11) is 1.47. The van der Waals surface area contributed by atoms with Crippen LogP contribution in [0.5, 0.6) is 0 Å². The third-order valence-corrected chi connectivity index (χ3v) is 6.86. The largest absolute Gasteiger partial charge is 0.469 e. The van der Waals surface area contributed by atoms with Crippen molar-refractivity contribution >= 4 is 22.8 Å². The van der Waals surface area contributed by atoms with Crippen LogP contribution in [0.1, 0.15) is 44.2 Å². The molecule has 6 nitrogen and oxygen atoms in total. The van der Waals surface area contributed by atoms with Gasteiger partial charge in [-0.15, -0.1) is 0 Å². The first-order valence-corrected chi connectivity index (χ1v) is 9.74. The van der Waals surface area contributed by atoms with Gasteiger partial charge in [-0.25, -0.2) is 0 Å². The molecule has 4 fully saturated rings. The molecular formula is C21H24N2O4. The number of amides is 1. The molecule has 6 rings (SSSR count). The van der Waals surface area contributed by atoms with Crippen LogP contribution in [-0.2, 0) is 20.7 Å². The van der Waals surface area contributed by atoms with Crippen molar-refractivity contribution in [3.63, 3.8) is 0 Å². The van der Waals surface area contributed by atoms with E-state index < -0.39 is 5.41 Å². The zero-order valence-corrected chi connectivity index (χ0v) is 15.5. The summed E-state index contributed by atoms with van der Waals surface area (Å²) in [6.45, 7) is 0. The molecule has 2 atom stereocenters. The van der Waals surface area contributed by atoms with Crippen molar-refractivity contribution in [2.75, 3.05) is 7.11 Å². The van der Waals surface area contributed by atoms with Crippen molar-refractivity contribution < 1.29 is 18.8 Å². The minimum absolute atomic E-state index is 0.0454. The van der Waals surface area contributed by atoms with E-state index in [0.717, 1.165) is 31.1 Å². The molecule has 1 aromatic carbocycles. The lowest BCUT2D eigenvalue weighted by Crippen LogP contribution is -2.65. The van der Waals surface area contributed by atoms with Gasteiger partial charge in [-0.05, 0) is 62.5 Å². The van der Waals surface area contributed by atoms with Gasteiger partial charge in [0, 0.05) is 10.9 Å². The number of hydrogen-bond acceptors (Lipinski definition) is 5. The normalized spacial score (nSPS) is 34.0. The first kappa shape index (κ1) is 16.8. The summed E-state index contributed by atoms with van der Waals surface area (Å²) in [5, 5.41) is 8.26. The fraction of sp³-hybridized carbons (Fsp3) is 0.571. The number of para-hydroxylation sites is 1. The molecule has 27 heavy (non-hydrogen) atoms. The van der Waals surface area contributed by atoms with Crippen molar-refractivity contribution in [1.82, 2.24) is 10.5 Å². The fourth-order valence-electron chi connectivity index (χ4n) is 6.42. The number of aromatic nitrogens is 1. The lowest BCUT2D eigenvalue weighted by atomic mass is 9.47. The molecule has 6 heteroatoms. The van der Waals surface area contributed by atoms with Crippen LogP contribution in [0.25, 0.3) is 11.0 Å². The zero-order valence-electron chi connectivity index (χ0n) is 15.5. The Kier molecular flexibility index (Phi) is 3.61. The molecule has 1 aromatic heterocycles. The van der Waals surface area contributed by atoms with E-state index in [2.05, 4.69) is 10.5 Å². The quantitative estimate of drug-likeness (QED) is 0.839. The molecule has 0 spiro atoms. The van der Waals surface area contributed by atoms with Crippen molar-refractivity contribution in [2.45, 2.75) is 50.5 Å². The minimum Gasteiger partial charge on any atom is -0.469 e. The maximum Gasteiger partial charge on any atom is 0.311 e. The van der Waals surface area contributed by atoms with Crippen molar-refractivity contribution in [3.8, 4) is 0 Å². The smallest absolute Gasteiger partial charge is 0.311 e. The zero-order chi connectivity index (χ0) is 18.6. The Labute approximate surface area is 157 Å². The molecule has 142 valence electrons. The number of benzene rings is 1. The monoisotopic (exact) mass is 368 g/mol. The summed E-state index contributed by atoms with van der Waals surface area (Å²) in [5.41, 5.74) is 0.664. The van der Waals surface area contributed by atoms with Gasteiger partial charge in [-0.1, -0.05) is 17.3 Å². The number of hydrogen-bond donors (Lipinski definition) is 1. The van der Waals surface area contributed by atoms with E-state index in [0.29, 0.717) is 29.5 Å². The van der Waals surface area contributed by atoms with Gasteiger partial charge in [0.15, 0.2) is 5.58 Å². The van der Waals surface area contributed by atoms with E-state index in [1.165, 1.54) is 13.5 Å². The molecule has 2 aromatic rings. The number of rotatable bonds is 4. The maximum absolute atomic E-state index is 12.9. The fourth-order valence-corrected chi connectivity index (χ4v) is 6.42. The second kappa shape index (κ2) is 5.81. The number of methoxy groups -OCH3 is 1. The van der Waals surface area contributed by atoms with Crippen molar-refractivity contribution in [3.05, 3.63) is 30.0 Å². The highest BCUT2D eigenvalue weighted by molar-refractivity contribution is 5.86. The predicted octanol–water partition coefficient (Wildman–Crippen LogP) is 3.00. The van der Waals surface area contributed by atoms with Gasteiger partial charge in [0.2, 0.25) is 5.91 Å². The summed E-state index contributed by atoms with van der Waals surface area (Å²) < 4.78 is 10.5. The molecule has 1 N–H and O–H groups in total. The number of ether oxygens (including phenoxy) is 1. The van der Waals surface area contributed by atoms with Gasteiger partial charge < -0.3 is 14.6 Å². The lowest BCUT2D eigenvalue weighted by Gasteiger charge is -2.60. The highest BCUT2D eigenvalue weighted by atomic mass is 16.5. The number of carbonyl (C=O) groups is 2. The molecule has 0 aliphatic heterocycles. The SMILES string of the molecule is COC(=O)C12C[C@H]3C[C@@H](CC(NC(=O)Cc4noc5ccccc45)(C3)C1)C2. The molecule has 1 heterocycles. The highest BCUT2D eigenvalue weighted by Gasteiger charge is 2.61. The molecule has 0 saturated heterocycles. The Morgan fingerprint density at radius 1 is 1.22 bits per heavy atom. The van der Waals surface area contributed by atoms with Crippen LogP contribution < -0.4 is 5.32 Å². The average molecular weight is 368 g/mol. The van der Waals surface area contributed by atoms with Gasteiger partial charge in [0.25, 0.3) is 0 Å². The molecule has 4 aliphatic rings. The molecular weight excluding hydrogens is 344 g/mol. The van der Waals surface area contributed by atoms with Gasteiger partial charge in [-0.3, -0.25) is 9.59 Å². The molecule has 0 unspecified atom stereocenters. The minimum atomic E-state index is -0.410. The maximum atomic E-state index is 12.9. The second-order valence-corrected chi connectivity index (χ2v) is 8.86. The van der Waals surface area contributed by atoms with Crippen molar-refractivity contribution in [2.24, 2.45) is 17.3 Å². The molecule has 0 radical (unpaired) electrons. The molecule has 4 saturated carbocycles. The Hall–Kier alpha value is -2.37. The Balaban J connectivity index is 1.37. The van der Waals surface area contributed by atoms with Gasteiger partial charge in [-0.2, -0.15) is 0 Å². The molecule has 1 amide bonds. The number of esters is 1. The lowest BCUT2D eigenvalue weighted by molar-refractivity contribution is -0.173. The van der Waals surface area contributed by atoms with Crippen molar-refractivity contribution in [1.29, 1.82) is 0 Å². The van der Waals surface area contributed by atoms with E-state index in [1.54, 1.807) is 0 Å². The van der Waals surface area contributed by atoms with E-state index >= 15 is 0 Å². The van der Waals surface area contributed by atoms with E-state index in [4.69, 9.17) is 9.26 Å². The standard InChI is InChI=1S/C21H24N2O4/c1-26-19(25)20-8-13-6-14(9-20)11-21(10-13,12-20)22-18(24)7-16-15-4-2-3-5-17(15)27-23-16/h2-5,13-14H,6-12H2,1H3,(H,22,24)/t13-,14-,20?,21?/m1/s1. The van der Waals surface area contributed by atoms with E-state index in [9.17, 15) is 9.59 Å². The number of carbonyl (C=O) groups excluding carboxylic acids is 2. The Morgan fingerprint density at radius 3 is 2.70 bits per heavy atom. The average Bonchev–Trinajstić information content (AvgIpc) is 3.02. The first-order valence-electron chi connectivity index (χ1n) is 9.74. The third kappa shape index (κ3) is 2.65.